The summed E-state index contributed by atoms with van der Waals surface area (Å²) in [5.41, 5.74) is 0.940. The number of hydrogen-bond donors (Lipinski definition) is 0. The van der Waals surface area contributed by atoms with E-state index in [4.69, 9.17) is 0 Å². The summed E-state index contributed by atoms with van der Waals surface area (Å²) in [5, 5.41) is 1.02. The summed E-state index contributed by atoms with van der Waals surface area (Å²) >= 11 is 2.31. The molecular weight excluding hydrogens is 341 g/mol. The standard InChI is InChI=1S/C12H16IN5/c1-8(2)18-5-9(13)10-11(16-7-17(3)4)14-6-15-12(10)18/h5-8H,1-4H3. The first-order valence-corrected chi connectivity index (χ1v) is 6.80. The maximum Gasteiger partial charge on any atom is 0.167 e. The number of aliphatic imine (C=N–C) groups is 1. The van der Waals surface area contributed by atoms with Crippen molar-refractivity contribution in [2.75, 3.05) is 14.1 Å². The van der Waals surface area contributed by atoms with Gasteiger partial charge in [0.1, 0.15) is 12.0 Å². The molecule has 0 saturated carbocycles. The number of aromatic nitrogens is 3. The second-order valence-electron chi connectivity index (χ2n) is 4.58. The zero-order chi connectivity index (χ0) is 13.3. The Balaban J connectivity index is 2.63. The molecule has 0 amide bonds. The molecule has 5 nitrogen and oxygen atoms in total. The van der Waals surface area contributed by atoms with E-state index in [0.29, 0.717) is 6.04 Å². The summed E-state index contributed by atoms with van der Waals surface area (Å²) < 4.78 is 3.27. The molecule has 0 radical (unpaired) electrons. The van der Waals surface area contributed by atoms with Gasteiger partial charge in [0.2, 0.25) is 0 Å². The number of hydrogen-bond acceptors (Lipinski definition) is 3. The monoisotopic (exact) mass is 357 g/mol. The molecule has 6 heteroatoms. The minimum absolute atomic E-state index is 0.372. The maximum absolute atomic E-state index is 4.40. The fraction of sp³-hybridized carbons (Fsp3) is 0.417. The lowest BCUT2D eigenvalue weighted by molar-refractivity contribution is 0.617. The first-order chi connectivity index (χ1) is 8.50. The lowest BCUT2D eigenvalue weighted by Gasteiger charge is -2.07. The zero-order valence-corrected chi connectivity index (χ0v) is 13.1. The third-order valence-electron chi connectivity index (χ3n) is 2.51. The molecule has 2 aromatic rings. The molecule has 0 atom stereocenters. The van der Waals surface area contributed by atoms with E-state index in [-0.39, 0.29) is 0 Å². The Bertz CT molecular complexity index is 585. The van der Waals surface area contributed by atoms with Crippen LogP contribution in [0.5, 0.6) is 0 Å². The van der Waals surface area contributed by atoms with Gasteiger partial charge in [-0.2, -0.15) is 0 Å². The van der Waals surface area contributed by atoms with Gasteiger partial charge in [0.25, 0.3) is 0 Å². The van der Waals surface area contributed by atoms with Crippen LogP contribution in [0, 0.1) is 3.57 Å². The summed E-state index contributed by atoms with van der Waals surface area (Å²) in [4.78, 5) is 14.9. The normalized spacial score (nSPS) is 11.9. The Kier molecular flexibility index (Phi) is 3.84. The highest BCUT2D eigenvalue weighted by atomic mass is 127. The molecule has 0 unspecified atom stereocenters. The van der Waals surface area contributed by atoms with E-state index in [9.17, 15) is 0 Å². The topological polar surface area (TPSA) is 46.3 Å². The first-order valence-electron chi connectivity index (χ1n) is 5.72. The van der Waals surface area contributed by atoms with E-state index in [2.05, 4.69) is 62.2 Å². The summed E-state index contributed by atoms with van der Waals surface area (Å²) in [6, 6.07) is 0.372. The van der Waals surface area contributed by atoms with Gasteiger partial charge in [0.15, 0.2) is 5.82 Å². The predicted molar refractivity (Wildman–Crippen MR) is 82.5 cm³/mol. The Hall–Kier alpha value is -1.18. The third-order valence-corrected chi connectivity index (χ3v) is 3.33. The molecule has 0 aliphatic carbocycles. The van der Waals surface area contributed by atoms with Crippen molar-refractivity contribution in [3.8, 4) is 0 Å². The second kappa shape index (κ2) is 5.21. The fourth-order valence-electron chi connectivity index (χ4n) is 1.69. The van der Waals surface area contributed by atoms with E-state index in [0.717, 1.165) is 20.4 Å². The average Bonchev–Trinajstić information content (AvgIpc) is 2.65. The van der Waals surface area contributed by atoms with Crippen molar-refractivity contribution in [3.05, 3.63) is 16.1 Å². The predicted octanol–water partition coefficient (Wildman–Crippen LogP) is 2.84. The quantitative estimate of drug-likeness (QED) is 0.482. The molecule has 0 aliphatic heterocycles. The van der Waals surface area contributed by atoms with Gasteiger partial charge in [-0.15, -0.1) is 0 Å². The molecule has 0 aliphatic rings. The SMILES string of the molecule is CC(C)n1cc(I)c2c(N=CN(C)C)ncnc21. The molecule has 0 aromatic carbocycles. The van der Waals surface area contributed by atoms with Crippen molar-refractivity contribution in [1.82, 2.24) is 19.4 Å². The van der Waals surface area contributed by atoms with E-state index < -0.39 is 0 Å². The van der Waals surface area contributed by atoms with Crippen LogP contribution in [0.25, 0.3) is 11.0 Å². The molecule has 0 saturated heterocycles. The summed E-state index contributed by atoms with van der Waals surface area (Å²) in [6.07, 6.45) is 5.42. The zero-order valence-electron chi connectivity index (χ0n) is 10.9. The van der Waals surface area contributed by atoms with Crippen LogP contribution >= 0.6 is 22.6 Å². The Morgan fingerprint density at radius 2 is 2.11 bits per heavy atom. The van der Waals surface area contributed by atoms with E-state index in [1.807, 2.05) is 19.0 Å². The molecule has 0 spiro atoms. The number of rotatable bonds is 3. The maximum atomic E-state index is 4.40. The van der Waals surface area contributed by atoms with Crippen LogP contribution in [0.4, 0.5) is 5.82 Å². The van der Waals surface area contributed by atoms with Gasteiger partial charge in [0, 0.05) is 29.9 Å². The number of nitrogens with zero attached hydrogens (tertiary/aromatic N) is 5. The lowest BCUT2D eigenvalue weighted by atomic mass is 10.3. The minimum atomic E-state index is 0.372. The molecule has 2 heterocycles. The lowest BCUT2D eigenvalue weighted by Crippen LogP contribution is -2.07. The van der Waals surface area contributed by atoms with E-state index >= 15 is 0 Å². The van der Waals surface area contributed by atoms with Crippen LogP contribution in [-0.2, 0) is 0 Å². The van der Waals surface area contributed by atoms with Gasteiger partial charge >= 0.3 is 0 Å². The van der Waals surface area contributed by atoms with Crippen molar-refractivity contribution in [1.29, 1.82) is 0 Å². The highest BCUT2D eigenvalue weighted by molar-refractivity contribution is 14.1. The number of fused-ring (bicyclic) bond motifs is 1. The van der Waals surface area contributed by atoms with Crippen molar-refractivity contribution in [2.24, 2.45) is 4.99 Å². The van der Waals surface area contributed by atoms with Crippen LogP contribution < -0.4 is 0 Å². The van der Waals surface area contributed by atoms with Crippen LogP contribution in [0.15, 0.2) is 17.5 Å². The fourth-order valence-corrected chi connectivity index (χ4v) is 2.47. The largest absolute Gasteiger partial charge is 0.369 e. The van der Waals surface area contributed by atoms with Crippen LogP contribution in [0.2, 0.25) is 0 Å². The smallest absolute Gasteiger partial charge is 0.167 e. The molecule has 18 heavy (non-hydrogen) atoms. The van der Waals surface area contributed by atoms with Crippen molar-refractivity contribution >= 4 is 45.8 Å². The van der Waals surface area contributed by atoms with Gasteiger partial charge in [-0.05, 0) is 36.4 Å². The number of halogens is 1. The Labute approximate surface area is 120 Å². The van der Waals surface area contributed by atoms with Crippen LogP contribution in [-0.4, -0.2) is 39.9 Å². The van der Waals surface area contributed by atoms with Crippen molar-refractivity contribution in [3.63, 3.8) is 0 Å². The highest BCUT2D eigenvalue weighted by Crippen LogP contribution is 2.30. The van der Waals surface area contributed by atoms with Crippen LogP contribution in [0.1, 0.15) is 19.9 Å². The molecule has 0 bridgehead atoms. The van der Waals surface area contributed by atoms with Gasteiger partial charge in [-0.25, -0.2) is 15.0 Å². The van der Waals surface area contributed by atoms with Crippen LogP contribution in [0.3, 0.4) is 0 Å². The third kappa shape index (κ3) is 2.47. The average molecular weight is 357 g/mol. The van der Waals surface area contributed by atoms with Crippen molar-refractivity contribution < 1.29 is 0 Å². The molecule has 2 rings (SSSR count). The summed E-state index contributed by atoms with van der Waals surface area (Å²) in [7, 11) is 3.87. The van der Waals surface area contributed by atoms with E-state index in [1.165, 1.54) is 0 Å². The second-order valence-corrected chi connectivity index (χ2v) is 5.74. The molecule has 2 aromatic heterocycles. The molecule has 96 valence electrons. The minimum Gasteiger partial charge on any atom is -0.369 e. The molecular formula is C12H16IN5. The highest BCUT2D eigenvalue weighted by Gasteiger charge is 2.14. The first kappa shape index (κ1) is 13.3. The molecule has 0 fully saturated rings. The summed E-state index contributed by atoms with van der Waals surface area (Å²) in [5.74, 6) is 0.720. The van der Waals surface area contributed by atoms with E-state index in [1.54, 1.807) is 12.7 Å². The Morgan fingerprint density at radius 1 is 1.39 bits per heavy atom. The Morgan fingerprint density at radius 3 is 2.72 bits per heavy atom. The van der Waals surface area contributed by atoms with Crippen molar-refractivity contribution in [2.45, 2.75) is 19.9 Å². The molecule has 0 N–H and O–H groups in total. The van der Waals surface area contributed by atoms with Gasteiger partial charge in [-0.1, -0.05) is 0 Å². The van der Waals surface area contributed by atoms with Gasteiger partial charge < -0.3 is 9.47 Å². The van der Waals surface area contributed by atoms with Gasteiger partial charge in [-0.3, -0.25) is 0 Å². The summed E-state index contributed by atoms with van der Waals surface area (Å²) in [6.45, 7) is 4.28. The van der Waals surface area contributed by atoms with Gasteiger partial charge in [0.05, 0.1) is 11.7 Å².